The Kier molecular flexibility index (Phi) is 3.70. The lowest BCUT2D eigenvalue weighted by Crippen LogP contribution is -2.48. The summed E-state index contributed by atoms with van der Waals surface area (Å²) in [4.78, 5) is 13.1. The lowest BCUT2D eigenvalue weighted by Gasteiger charge is -2.40. The molecule has 0 aromatic carbocycles. The first kappa shape index (κ1) is 13.7. The van der Waals surface area contributed by atoms with Crippen molar-refractivity contribution in [3.8, 4) is 5.95 Å². The van der Waals surface area contributed by atoms with Gasteiger partial charge in [-0.15, -0.1) is 0 Å². The molecule has 8 nitrogen and oxygen atoms in total. The summed E-state index contributed by atoms with van der Waals surface area (Å²) in [6, 6.07) is 1.81. The molecule has 1 fully saturated rings. The molecule has 21 heavy (non-hydrogen) atoms. The van der Waals surface area contributed by atoms with Crippen molar-refractivity contribution in [1.82, 2.24) is 24.7 Å². The van der Waals surface area contributed by atoms with Gasteiger partial charge in [-0.1, -0.05) is 0 Å². The average molecular weight is 289 g/mol. The molecule has 112 valence electrons. The Morgan fingerprint density at radius 3 is 2.67 bits per heavy atom. The Labute approximate surface area is 122 Å². The van der Waals surface area contributed by atoms with Crippen molar-refractivity contribution in [3.05, 3.63) is 18.5 Å². The summed E-state index contributed by atoms with van der Waals surface area (Å²) in [6.45, 7) is 2.77. The summed E-state index contributed by atoms with van der Waals surface area (Å²) in [6.07, 6.45) is 6.39. The van der Waals surface area contributed by atoms with Crippen LogP contribution >= 0.6 is 0 Å². The van der Waals surface area contributed by atoms with Crippen molar-refractivity contribution in [2.45, 2.75) is 31.7 Å². The van der Waals surface area contributed by atoms with E-state index in [1.807, 2.05) is 13.0 Å². The lowest BCUT2D eigenvalue weighted by atomic mass is 9.77. The molecule has 0 amide bonds. The molecule has 0 unspecified atom stereocenters. The van der Waals surface area contributed by atoms with Crippen LogP contribution in [0.25, 0.3) is 5.95 Å². The van der Waals surface area contributed by atoms with Crippen LogP contribution in [0.3, 0.4) is 0 Å². The highest BCUT2D eigenvalue weighted by Crippen LogP contribution is 2.34. The van der Waals surface area contributed by atoms with E-state index in [0.717, 1.165) is 19.3 Å². The van der Waals surface area contributed by atoms with Gasteiger partial charge in [0.05, 0.1) is 12.1 Å². The lowest BCUT2D eigenvalue weighted by molar-refractivity contribution is 0.143. The third kappa shape index (κ3) is 2.80. The number of nitrogens with one attached hydrogen (secondary N) is 2. The summed E-state index contributed by atoms with van der Waals surface area (Å²) in [5.74, 6) is 1.40. The zero-order valence-electron chi connectivity index (χ0n) is 12.0. The fourth-order valence-electron chi connectivity index (χ4n) is 2.31. The predicted octanol–water partition coefficient (Wildman–Crippen LogP) is 0.816. The predicted molar refractivity (Wildman–Crippen MR) is 78.4 cm³/mol. The number of rotatable bonds is 6. The van der Waals surface area contributed by atoms with E-state index in [1.165, 1.54) is 0 Å². The van der Waals surface area contributed by atoms with Crippen LogP contribution in [0.5, 0.6) is 0 Å². The van der Waals surface area contributed by atoms with Crippen molar-refractivity contribution in [2.24, 2.45) is 0 Å². The monoisotopic (exact) mass is 289 g/mol. The minimum Gasteiger partial charge on any atom is -0.394 e. The van der Waals surface area contributed by atoms with Gasteiger partial charge in [-0.05, 0) is 32.3 Å². The molecule has 1 aliphatic rings. The first-order valence-electron chi connectivity index (χ1n) is 7.14. The number of aromatic nitrogens is 5. The number of hydrogen-bond donors (Lipinski definition) is 3. The highest BCUT2D eigenvalue weighted by Gasteiger charge is 2.37. The molecule has 1 saturated carbocycles. The van der Waals surface area contributed by atoms with Crippen molar-refractivity contribution in [2.75, 3.05) is 23.8 Å². The van der Waals surface area contributed by atoms with E-state index < -0.39 is 0 Å². The van der Waals surface area contributed by atoms with Crippen molar-refractivity contribution in [1.29, 1.82) is 0 Å². The van der Waals surface area contributed by atoms with Crippen LogP contribution in [0.1, 0.15) is 26.2 Å². The number of aliphatic hydroxyl groups is 1. The third-order valence-electron chi connectivity index (χ3n) is 3.66. The van der Waals surface area contributed by atoms with Gasteiger partial charge in [-0.3, -0.25) is 0 Å². The second kappa shape index (κ2) is 5.65. The second-order valence-electron chi connectivity index (χ2n) is 5.18. The Balaban J connectivity index is 1.91. The Hall–Kier alpha value is -2.22. The third-order valence-corrected chi connectivity index (χ3v) is 3.66. The van der Waals surface area contributed by atoms with E-state index in [9.17, 15) is 5.11 Å². The van der Waals surface area contributed by atoms with Crippen LogP contribution in [-0.4, -0.2) is 48.5 Å². The summed E-state index contributed by atoms with van der Waals surface area (Å²) in [7, 11) is 0. The molecule has 3 rings (SSSR count). The van der Waals surface area contributed by atoms with Crippen molar-refractivity contribution < 1.29 is 5.11 Å². The molecule has 0 aliphatic heterocycles. The molecular formula is C13H19N7O. The molecule has 0 radical (unpaired) electrons. The highest BCUT2D eigenvalue weighted by atomic mass is 16.3. The number of anilines is 2. The minimum atomic E-state index is -0.299. The zero-order chi connectivity index (χ0) is 14.7. The van der Waals surface area contributed by atoms with Gasteiger partial charge in [0.25, 0.3) is 5.95 Å². The first-order chi connectivity index (χ1) is 10.2. The van der Waals surface area contributed by atoms with E-state index in [1.54, 1.807) is 17.1 Å². The van der Waals surface area contributed by atoms with Crippen LogP contribution in [0.4, 0.5) is 11.9 Å². The standard InChI is InChI=1S/C13H19N7O/c1-2-14-10-16-11(19-13(9-21)5-3-6-13)18-12(17-10)20-8-4-7-15-20/h4,7-8,21H,2-3,5-6,9H2,1H3,(H2,14,16,17,18,19). The normalized spacial score (nSPS) is 16.3. The minimum absolute atomic E-state index is 0.0757. The number of aliphatic hydroxyl groups excluding tert-OH is 1. The smallest absolute Gasteiger partial charge is 0.257 e. The fourth-order valence-corrected chi connectivity index (χ4v) is 2.31. The molecule has 2 aromatic heterocycles. The SMILES string of the molecule is CCNc1nc(NC2(CO)CCC2)nc(-n2cccn2)n1. The van der Waals surface area contributed by atoms with E-state index in [-0.39, 0.29) is 12.1 Å². The zero-order valence-corrected chi connectivity index (χ0v) is 12.0. The maximum atomic E-state index is 9.56. The maximum absolute atomic E-state index is 9.56. The Morgan fingerprint density at radius 1 is 1.29 bits per heavy atom. The van der Waals surface area contributed by atoms with Crippen LogP contribution in [0.15, 0.2) is 18.5 Å². The molecule has 0 spiro atoms. The van der Waals surface area contributed by atoms with Gasteiger partial charge in [-0.2, -0.15) is 20.1 Å². The quantitative estimate of drug-likeness (QED) is 0.723. The van der Waals surface area contributed by atoms with Gasteiger partial charge in [0.2, 0.25) is 11.9 Å². The van der Waals surface area contributed by atoms with Gasteiger partial charge in [-0.25, -0.2) is 4.68 Å². The highest BCUT2D eigenvalue weighted by molar-refractivity contribution is 5.40. The van der Waals surface area contributed by atoms with Gasteiger partial charge in [0, 0.05) is 18.9 Å². The first-order valence-corrected chi connectivity index (χ1v) is 7.14. The van der Waals surface area contributed by atoms with E-state index in [0.29, 0.717) is 24.4 Å². The average Bonchev–Trinajstić information content (AvgIpc) is 2.97. The molecular weight excluding hydrogens is 270 g/mol. The summed E-state index contributed by atoms with van der Waals surface area (Å²) in [5.41, 5.74) is -0.299. The van der Waals surface area contributed by atoms with Crippen LogP contribution in [0.2, 0.25) is 0 Å². The van der Waals surface area contributed by atoms with E-state index in [4.69, 9.17) is 0 Å². The number of hydrogen-bond acceptors (Lipinski definition) is 7. The van der Waals surface area contributed by atoms with Gasteiger partial charge in [0.1, 0.15) is 0 Å². The molecule has 0 saturated heterocycles. The fraction of sp³-hybridized carbons (Fsp3) is 0.538. The summed E-state index contributed by atoms with van der Waals surface area (Å²) < 4.78 is 1.58. The summed E-state index contributed by atoms with van der Waals surface area (Å²) in [5, 5.41) is 20.0. The molecule has 3 N–H and O–H groups in total. The molecule has 0 atom stereocenters. The maximum Gasteiger partial charge on any atom is 0.257 e. The number of nitrogens with zero attached hydrogens (tertiary/aromatic N) is 5. The molecule has 1 aliphatic carbocycles. The summed E-state index contributed by atoms with van der Waals surface area (Å²) >= 11 is 0. The Bertz CT molecular complexity index is 589. The van der Waals surface area contributed by atoms with Gasteiger partial charge < -0.3 is 15.7 Å². The van der Waals surface area contributed by atoms with E-state index in [2.05, 4.69) is 30.7 Å². The molecule has 0 bridgehead atoms. The van der Waals surface area contributed by atoms with Crippen molar-refractivity contribution >= 4 is 11.9 Å². The van der Waals surface area contributed by atoms with Gasteiger partial charge in [0.15, 0.2) is 0 Å². The van der Waals surface area contributed by atoms with E-state index >= 15 is 0 Å². The topological polar surface area (TPSA) is 101 Å². The largest absolute Gasteiger partial charge is 0.394 e. The van der Waals surface area contributed by atoms with Gasteiger partial charge >= 0.3 is 0 Å². The van der Waals surface area contributed by atoms with Crippen LogP contribution in [0, 0.1) is 0 Å². The molecule has 2 aromatic rings. The van der Waals surface area contributed by atoms with Crippen molar-refractivity contribution in [3.63, 3.8) is 0 Å². The Morgan fingerprint density at radius 2 is 2.10 bits per heavy atom. The van der Waals surface area contributed by atoms with Crippen LogP contribution in [-0.2, 0) is 0 Å². The second-order valence-corrected chi connectivity index (χ2v) is 5.18. The molecule has 2 heterocycles. The molecule has 8 heteroatoms. The van der Waals surface area contributed by atoms with Crippen LogP contribution < -0.4 is 10.6 Å².